The average Bonchev–Trinajstić information content (AvgIpc) is 3.15. The summed E-state index contributed by atoms with van der Waals surface area (Å²) in [5.74, 6) is -17.2. The highest BCUT2D eigenvalue weighted by molar-refractivity contribution is 5.95. The van der Waals surface area contributed by atoms with Gasteiger partial charge < -0.3 is 33.5 Å². The van der Waals surface area contributed by atoms with Crippen LogP contribution in [0.4, 0.5) is 22.0 Å². The number of carbonyl (C=O) groups is 5. The second kappa shape index (κ2) is 15.7. The number of fused-ring (bicyclic) bond motifs is 5. The zero-order valence-electron chi connectivity index (χ0n) is 33.4. The van der Waals surface area contributed by atoms with Crippen LogP contribution in [-0.2, 0) is 65.4 Å². The molecular formula is C42H45F5O12. The molecular weight excluding hydrogens is 791 g/mol. The Bertz CT molecular complexity index is 2080. The minimum Gasteiger partial charge on any atom is -0.461 e. The van der Waals surface area contributed by atoms with E-state index in [0.29, 0.717) is 5.56 Å². The third-order valence-electron chi connectivity index (χ3n) is 12.6. The van der Waals surface area contributed by atoms with Crippen molar-refractivity contribution < 1.29 is 79.5 Å². The molecule has 1 saturated heterocycles. The predicted molar refractivity (Wildman–Crippen MR) is 192 cm³/mol. The minimum absolute atomic E-state index is 0.0654. The van der Waals surface area contributed by atoms with Gasteiger partial charge in [0.1, 0.15) is 23.9 Å². The SMILES string of the molecule is CC(=O)O[C@H]1C(=O)[C@]2(C)[C@@H](OC(=O)CCc3c(F)c(F)c(F)c(F)c3F)C[C@H]3OC[C@@]3(OC(C)=O)[C@H]2[C@H](OCc2ccccc2)[C@]2(O)C[C@H](OC(C)=O)C(C)=C1C2(C)C. The first-order valence-corrected chi connectivity index (χ1v) is 19.0. The van der Waals surface area contributed by atoms with E-state index in [1.807, 2.05) is 0 Å². The van der Waals surface area contributed by atoms with Crippen molar-refractivity contribution in [3.8, 4) is 0 Å². The Morgan fingerprint density at radius 1 is 0.847 bits per heavy atom. The molecule has 320 valence electrons. The molecule has 9 atom stereocenters. The van der Waals surface area contributed by atoms with Crippen LogP contribution in [0.15, 0.2) is 41.5 Å². The van der Waals surface area contributed by atoms with Crippen LogP contribution in [0.1, 0.15) is 78.9 Å². The van der Waals surface area contributed by atoms with Gasteiger partial charge >= 0.3 is 23.9 Å². The van der Waals surface area contributed by atoms with Crippen LogP contribution in [-0.4, -0.2) is 83.1 Å². The average molecular weight is 837 g/mol. The molecule has 0 spiro atoms. The predicted octanol–water partition coefficient (Wildman–Crippen LogP) is 5.46. The van der Waals surface area contributed by atoms with Gasteiger partial charge in [0.25, 0.3) is 0 Å². The molecule has 0 amide bonds. The van der Waals surface area contributed by atoms with E-state index in [1.165, 1.54) is 6.92 Å². The highest BCUT2D eigenvalue weighted by Gasteiger charge is 2.78. The molecule has 4 aliphatic rings. The molecule has 0 aromatic heterocycles. The van der Waals surface area contributed by atoms with Crippen molar-refractivity contribution in [1.29, 1.82) is 0 Å². The number of halogens is 5. The van der Waals surface area contributed by atoms with Crippen LogP contribution >= 0.6 is 0 Å². The number of carbonyl (C=O) groups excluding carboxylic acids is 5. The maximum atomic E-state index is 15.7. The van der Waals surface area contributed by atoms with E-state index >= 15 is 4.79 Å². The first-order valence-electron chi connectivity index (χ1n) is 19.0. The summed E-state index contributed by atoms with van der Waals surface area (Å²) in [5.41, 5.74) is -7.92. The van der Waals surface area contributed by atoms with Crippen molar-refractivity contribution in [1.82, 2.24) is 0 Å². The molecule has 2 aromatic rings. The summed E-state index contributed by atoms with van der Waals surface area (Å²) in [4.78, 5) is 67.9. The molecule has 1 heterocycles. The lowest BCUT2D eigenvalue weighted by atomic mass is 9.44. The summed E-state index contributed by atoms with van der Waals surface area (Å²) < 4.78 is 107. The third-order valence-corrected chi connectivity index (χ3v) is 12.6. The van der Waals surface area contributed by atoms with Crippen LogP contribution in [0.3, 0.4) is 0 Å². The smallest absolute Gasteiger partial charge is 0.306 e. The van der Waals surface area contributed by atoms with Gasteiger partial charge in [-0.15, -0.1) is 0 Å². The van der Waals surface area contributed by atoms with Gasteiger partial charge in [-0.1, -0.05) is 44.2 Å². The van der Waals surface area contributed by atoms with E-state index in [9.17, 15) is 46.2 Å². The number of aliphatic hydroxyl groups is 1. The van der Waals surface area contributed by atoms with E-state index in [-0.39, 0.29) is 37.2 Å². The second-order valence-electron chi connectivity index (χ2n) is 16.4. The van der Waals surface area contributed by atoms with Crippen LogP contribution in [0.2, 0.25) is 0 Å². The number of esters is 4. The van der Waals surface area contributed by atoms with Crippen molar-refractivity contribution in [2.24, 2.45) is 16.7 Å². The summed E-state index contributed by atoms with van der Waals surface area (Å²) in [6.07, 6.45) is -9.94. The van der Waals surface area contributed by atoms with Crippen LogP contribution in [0.25, 0.3) is 0 Å². The van der Waals surface area contributed by atoms with E-state index in [1.54, 1.807) is 51.1 Å². The van der Waals surface area contributed by atoms with Crippen LogP contribution < -0.4 is 0 Å². The van der Waals surface area contributed by atoms with Gasteiger partial charge in [-0.3, -0.25) is 24.0 Å². The summed E-state index contributed by atoms with van der Waals surface area (Å²) >= 11 is 0. The topological polar surface area (TPSA) is 161 Å². The number of hydrogen-bond acceptors (Lipinski definition) is 12. The Morgan fingerprint density at radius 2 is 1.44 bits per heavy atom. The number of hydrogen-bond donors (Lipinski definition) is 1. The minimum atomic E-state index is -2.38. The van der Waals surface area contributed by atoms with Gasteiger partial charge in [0.2, 0.25) is 5.82 Å². The molecule has 0 unspecified atom stereocenters. The first kappa shape index (κ1) is 43.8. The number of benzene rings is 2. The normalized spacial score (nSPS) is 32.1. The highest BCUT2D eigenvalue weighted by Crippen LogP contribution is 2.65. The molecule has 2 aromatic carbocycles. The van der Waals surface area contributed by atoms with E-state index in [2.05, 4.69) is 0 Å². The Labute approximate surface area is 336 Å². The summed E-state index contributed by atoms with van der Waals surface area (Å²) in [6, 6.07) is 8.73. The van der Waals surface area contributed by atoms with E-state index < -0.39 is 136 Å². The molecule has 1 aliphatic heterocycles. The zero-order chi connectivity index (χ0) is 43.6. The number of ketones is 1. The number of Topliss-reactive ketones (excluding diaryl/α,β-unsaturated/α-hetero) is 1. The van der Waals surface area contributed by atoms with Crippen molar-refractivity contribution in [3.63, 3.8) is 0 Å². The third kappa shape index (κ3) is 7.11. The van der Waals surface area contributed by atoms with Crippen LogP contribution in [0, 0.1) is 45.8 Å². The monoisotopic (exact) mass is 836 g/mol. The largest absolute Gasteiger partial charge is 0.461 e. The van der Waals surface area contributed by atoms with Gasteiger partial charge in [0.15, 0.2) is 40.8 Å². The van der Waals surface area contributed by atoms with Gasteiger partial charge in [0.05, 0.1) is 24.7 Å². The van der Waals surface area contributed by atoms with Crippen LogP contribution in [0.5, 0.6) is 0 Å². The standard InChI is InChI=1S/C42H45F5O12/c1-19-25(56-20(2)48)16-42(53)38(54-17-23-11-9-8-10-12-23)36-40(7,37(52)35(57-21(3)49)29(19)39(42,5)6)26(15-27-41(36,18-55-27)59-22(4)50)58-28(51)14-13-24-30(43)32(45)34(47)33(46)31(24)44/h8-12,25-27,35-36,38,53H,13-18H2,1-7H3/t25-,26-,27+,35+,36-,38-,40+,41-,42+/m0/s1. The molecule has 59 heavy (non-hydrogen) atoms. The maximum Gasteiger partial charge on any atom is 0.306 e. The van der Waals surface area contributed by atoms with Crippen molar-refractivity contribution in [3.05, 3.63) is 81.7 Å². The molecule has 2 saturated carbocycles. The second-order valence-corrected chi connectivity index (χ2v) is 16.4. The van der Waals surface area contributed by atoms with Crippen molar-refractivity contribution in [2.75, 3.05) is 6.61 Å². The fraction of sp³-hybridized carbons (Fsp3) is 0.548. The molecule has 12 nitrogen and oxygen atoms in total. The molecule has 6 rings (SSSR count). The fourth-order valence-corrected chi connectivity index (χ4v) is 9.75. The Morgan fingerprint density at radius 3 is 1.98 bits per heavy atom. The summed E-state index contributed by atoms with van der Waals surface area (Å²) in [6.45, 7) is 8.94. The first-order chi connectivity index (χ1) is 27.5. The molecule has 0 radical (unpaired) electrons. The molecule has 1 N–H and O–H groups in total. The Kier molecular flexibility index (Phi) is 11.7. The highest BCUT2D eigenvalue weighted by atomic mass is 19.2. The Balaban J connectivity index is 1.56. The maximum absolute atomic E-state index is 15.7. The fourth-order valence-electron chi connectivity index (χ4n) is 9.75. The van der Waals surface area contributed by atoms with Gasteiger partial charge in [-0.05, 0) is 37.0 Å². The van der Waals surface area contributed by atoms with Crippen molar-refractivity contribution >= 4 is 29.7 Å². The lowest BCUT2D eigenvalue weighted by molar-refractivity contribution is -0.352. The number of rotatable bonds is 10. The lowest BCUT2D eigenvalue weighted by Crippen LogP contribution is -2.82. The van der Waals surface area contributed by atoms with E-state index in [4.69, 9.17) is 28.4 Å². The molecule has 17 heteroatoms. The van der Waals surface area contributed by atoms with E-state index in [0.717, 1.165) is 20.8 Å². The van der Waals surface area contributed by atoms with Crippen molar-refractivity contribution in [2.45, 2.75) is 122 Å². The lowest BCUT2D eigenvalue weighted by Gasteiger charge is -2.68. The number of ether oxygens (including phenoxy) is 6. The van der Waals surface area contributed by atoms with Gasteiger partial charge in [-0.2, -0.15) is 0 Å². The summed E-state index contributed by atoms with van der Waals surface area (Å²) in [7, 11) is 0. The zero-order valence-corrected chi connectivity index (χ0v) is 33.4. The molecule has 3 aliphatic carbocycles. The molecule has 3 fully saturated rings. The van der Waals surface area contributed by atoms with Gasteiger partial charge in [-0.25, -0.2) is 22.0 Å². The quantitative estimate of drug-likeness (QED) is 0.0805. The van der Waals surface area contributed by atoms with Gasteiger partial charge in [0, 0.05) is 56.9 Å². The summed E-state index contributed by atoms with van der Waals surface area (Å²) in [5, 5.41) is 13.5. The Hall–Kier alpha value is -4.74. The molecule has 2 bridgehead atoms.